The summed E-state index contributed by atoms with van der Waals surface area (Å²) in [6.07, 6.45) is 2.71. The van der Waals surface area contributed by atoms with Crippen LogP contribution in [0, 0.1) is 5.92 Å². The molecule has 0 spiro atoms. The number of benzene rings is 1. The van der Waals surface area contributed by atoms with E-state index in [1.165, 1.54) is 37.1 Å². The minimum atomic E-state index is 0.238. The third kappa shape index (κ3) is 4.82. The van der Waals surface area contributed by atoms with Crippen molar-refractivity contribution in [2.45, 2.75) is 52.0 Å². The van der Waals surface area contributed by atoms with Gasteiger partial charge in [0.1, 0.15) is 0 Å². The largest absolute Gasteiger partial charge is 0.310 e. The molecule has 1 N–H and O–H groups in total. The van der Waals surface area contributed by atoms with E-state index in [2.05, 4.69) is 69.2 Å². The zero-order valence-electron chi connectivity index (χ0n) is 14.4. The van der Waals surface area contributed by atoms with Crippen LogP contribution in [0.2, 0.25) is 0 Å². The highest BCUT2D eigenvalue weighted by molar-refractivity contribution is 5.29. The molecule has 2 rings (SSSR count). The summed E-state index contributed by atoms with van der Waals surface area (Å²) < 4.78 is 0. The van der Waals surface area contributed by atoms with Gasteiger partial charge in [0.25, 0.3) is 0 Å². The number of hydrogen-bond acceptors (Lipinski definition) is 2. The topological polar surface area (TPSA) is 15.3 Å². The Balaban J connectivity index is 1.87. The predicted molar refractivity (Wildman–Crippen MR) is 91.8 cm³/mol. The molecule has 1 aliphatic heterocycles. The minimum absolute atomic E-state index is 0.238. The first-order valence-corrected chi connectivity index (χ1v) is 8.38. The Morgan fingerprint density at radius 1 is 1.24 bits per heavy atom. The Bertz CT molecular complexity index is 430. The Morgan fingerprint density at radius 3 is 2.48 bits per heavy atom. The van der Waals surface area contributed by atoms with Crippen LogP contribution in [0.1, 0.15) is 57.7 Å². The third-order valence-electron chi connectivity index (χ3n) is 4.71. The van der Waals surface area contributed by atoms with E-state index in [9.17, 15) is 0 Å². The van der Waals surface area contributed by atoms with Crippen LogP contribution < -0.4 is 5.32 Å². The number of hydrogen-bond donors (Lipinski definition) is 1. The Hall–Kier alpha value is -0.860. The van der Waals surface area contributed by atoms with Gasteiger partial charge in [-0.3, -0.25) is 0 Å². The van der Waals surface area contributed by atoms with E-state index < -0.39 is 0 Å². The second kappa shape index (κ2) is 6.93. The molecule has 0 bridgehead atoms. The zero-order valence-corrected chi connectivity index (χ0v) is 14.4. The van der Waals surface area contributed by atoms with Crippen LogP contribution in [-0.2, 0) is 5.41 Å². The van der Waals surface area contributed by atoms with Crippen LogP contribution >= 0.6 is 0 Å². The first kappa shape index (κ1) is 16.5. The van der Waals surface area contributed by atoms with Crippen molar-refractivity contribution < 1.29 is 0 Å². The van der Waals surface area contributed by atoms with E-state index in [1.807, 2.05) is 0 Å². The van der Waals surface area contributed by atoms with Gasteiger partial charge in [-0.2, -0.15) is 0 Å². The molecule has 0 amide bonds. The summed E-state index contributed by atoms with van der Waals surface area (Å²) >= 11 is 0. The average molecular weight is 288 g/mol. The second-order valence-corrected chi connectivity index (χ2v) is 7.77. The fourth-order valence-corrected chi connectivity index (χ4v) is 3.17. The maximum atomic E-state index is 3.72. The summed E-state index contributed by atoms with van der Waals surface area (Å²) in [7, 11) is 2.24. The SMILES string of the molecule is CC(NCC1CCCN(C)C1)c1ccc(C(C)(C)C)cc1. The summed E-state index contributed by atoms with van der Waals surface area (Å²) in [6.45, 7) is 12.7. The van der Waals surface area contributed by atoms with Crippen molar-refractivity contribution in [3.63, 3.8) is 0 Å². The second-order valence-electron chi connectivity index (χ2n) is 7.77. The zero-order chi connectivity index (χ0) is 15.5. The normalized spacial score (nSPS) is 22.2. The summed E-state index contributed by atoms with van der Waals surface area (Å²) in [5.74, 6) is 0.806. The van der Waals surface area contributed by atoms with Crippen molar-refractivity contribution in [1.82, 2.24) is 10.2 Å². The van der Waals surface area contributed by atoms with Crippen molar-refractivity contribution in [2.24, 2.45) is 5.92 Å². The molecular weight excluding hydrogens is 256 g/mol. The van der Waals surface area contributed by atoms with Gasteiger partial charge in [-0.25, -0.2) is 0 Å². The van der Waals surface area contributed by atoms with Crippen molar-refractivity contribution in [3.05, 3.63) is 35.4 Å². The molecule has 2 unspecified atom stereocenters. The average Bonchev–Trinajstić information content (AvgIpc) is 2.44. The van der Waals surface area contributed by atoms with Crippen LogP contribution in [0.5, 0.6) is 0 Å². The van der Waals surface area contributed by atoms with Crippen LogP contribution in [0.4, 0.5) is 0 Å². The van der Waals surface area contributed by atoms with Crippen LogP contribution in [-0.4, -0.2) is 31.6 Å². The summed E-state index contributed by atoms with van der Waals surface area (Å²) in [6, 6.07) is 9.56. The van der Waals surface area contributed by atoms with Gasteiger partial charge >= 0.3 is 0 Å². The maximum absolute atomic E-state index is 3.72. The molecule has 2 heteroatoms. The number of rotatable bonds is 4. The lowest BCUT2D eigenvalue weighted by molar-refractivity contribution is 0.203. The molecule has 1 saturated heterocycles. The summed E-state index contributed by atoms with van der Waals surface area (Å²) in [4.78, 5) is 2.46. The van der Waals surface area contributed by atoms with Gasteiger partial charge < -0.3 is 10.2 Å². The molecular formula is C19H32N2. The molecule has 0 radical (unpaired) electrons. The first-order valence-electron chi connectivity index (χ1n) is 8.38. The molecule has 2 atom stereocenters. The van der Waals surface area contributed by atoms with Crippen LogP contribution in [0.3, 0.4) is 0 Å². The van der Waals surface area contributed by atoms with Gasteiger partial charge in [0, 0.05) is 12.6 Å². The summed E-state index contributed by atoms with van der Waals surface area (Å²) in [5, 5.41) is 3.72. The van der Waals surface area contributed by atoms with E-state index in [-0.39, 0.29) is 5.41 Å². The van der Waals surface area contributed by atoms with Crippen molar-refractivity contribution in [3.8, 4) is 0 Å². The molecule has 21 heavy (non-hydrogen) atoms. The number of nitrogens with one attached hydrogen (secondary N) is 1. The minimum Gasteiger partial charge on any atom is -0.310 e. The van der Waals surface area contributed by atoms with E-state index >= 15 is 0 Å². The summed E-state index contributed by atoms with van der Waals surface area (Å²) in [5.41, 5.74) is 3.04. The molecule has 0 saturated carbocycles. The van der Waals surface area contributed by atoms with Gasteiger partial charge in [0.05, 0.1) is 0 Å². The lowest BCUT2D eigenvalue weighted by Gasteiger charge is -2.30. The molecule has 1 heterocycles. The van der Waals surface area contributed by atoms with Crippen LogP contribution in [0.25, 0.3) is 0 Å². The highest BCUT2D eigenvalue weighted by atomic mass is 15.1. The standard InChI is InChI=1S/C19H32N2/c1-15(20-13-16-7-6-12-21(5)14-16)17-8-10-18(11-9-17)19(2,3)4/h8-11,15-16,20H,6-7,12-14H2,1-5H3. The fraction of sp³-hybridized carbons (Fsp3) is 0.684. The quantitative estimate of drug-likeness (QED) is 0.901. The van der Waals surface area contributed by atoms with Crippen molar-refractivity contribution >= 4 is 0 Å². The maximum Gasteiger partial charge on any atom is 0.0291 e. The Kier molecular flexibility index (Phi) is 5.45. The van der Waals surface area contributed by atoms with Crippen molar-refractivity contribution in [2.75, 3.05) is 26.7 Å². The molecule has 1 fully saturated rings. The van der Waals surface area contributed by atoms with Gasteiger partial charge in [-0.1, -0.05) is 45.0 Å². The van der Waals surface area contributed by atoms with Gasteiger partial charge in [-0.15, -0.1) is 0 Å². The number of piperidine rings is 1. The predicted octanol–water partition coefficient (Wildman–Crippen LogP) is 3.98. The lowest BCUT2D eigenvalue weighted by atomic mass is 9.86. The number of likely N-dealkylation sites (tertiary alicyclic amines) is 1. The first-order chi connectivity index (χ1) is 9.86. The highest BCUT2D eigenvalue weighted by Gasteiger charge is 2.18. The van der Waals surface area contributed by atoms with E-state index in [4.69, 9.17) is 0 Å². The molecule has 2 nitrogen and oxygen atoms in total. The molecule has 1 aromatic carbocycles. The van der Waals surface area contributed by atoms with E-state index in [1.54, 1.807) is 0 Å². The van der Waals surface area contributed by atoms with E-state index in [0.29, 0.717) is 6.04 Å². The van der Waals surface area contributed by atoms with Gasteiger partial charge in [-0.05, 0) is 62.4 Å². The molecule has 1 aliphatic rings. The Labute approximate surface area is 130 Å². The van der Waals surface area contributed by atoms with Crippen LogP contribution in [0.15, 0.2) is 24.3 Å². The molecule has 0 aromatic heterocycles. The lowest BCUT2D eigenvalue weighted by Crippen LogP contribution is -2.37. The Morgan fingerprint density at radius 2 is 1.90 bits per heavy atom. The smallest absolute Gasteiger partial charge is 0.0291 e. The fourth-order valence-electron chi connectivity index (χ4n) is 3.17. The monoisotopic (exact) mass is 288 g/mol. The highest BCUT2D eigenvalue weighted by Crippen LogP contribution is 2.24. The molecule has 0 aliphatic carbocycles. The number of nitrogens with zero attached hydrogens (tertiary/aromatic N) is 1. The van der Waals surface area contributed by atoms with Gasteiger partial charge in [0.15, 0.2) is 0 Å². The van der Waals surface area contributed by atoms with Gasteiger partial charge in [0.2, 0.25) is 0 Å². The molecule has 1 aromatic rings. The third-order valence-corrected chi connectivity index (χ3v) is 4.71. The van der Waals surface area contributed by atoms with Crippen molar-refractivity contribution in [1.29, 1.82) is 0 Å². The molecule has 118 valence electrons. The van der Waals surface area contributed by atoms with E-state index in [0.717, 1.165) is 12.5 Å².